The van der Waals surface area contributed by atoms with Crippen LogP contribution >= 0.6 is 0 Å². The fraction of sp³-hybridized carbons (Fsp3) is 0. The van der Waals surface area contributed by atoms with Gasteiger partial charge in [-0.2, -0.15) is 0 Å². The van der Waals surface area contributed by atoms with Crippen LogP contribution in [-0.4, -0.2) is 13.4 Å². The summed E-state index contributed by atoms with van der Waals surface area (Å²) >= 11 is 0. The highest BCUT2D eigenvalue weighted by atomic mass is 15.2. The molecule has 0 saturated heterocycles. The number of nitrogens with zero attached hydrogens (tertiary/aromatic N) is 2. The molecular weight excluding hydrogens is 818 g/mol. The highest BCUT2D eigenvalue weighted by Gasteiger charge is 2.45. The fourth-order valence-electron chi connectivity index (χ4n) is 13.2. The summed E-state index contributed by atoms with van der Waals surface area (Å²) in [6, 6.07) is 87.0. The molecule has 2 nitrogen and oxygen atoms in total. The summed E-state index contributed by atoms with van der Waals surface area (Å²) < 4.78 is 0. The third-order valence-electron chi connectivity index (χ3n) is 15.8. The van der Waals surface area contributed by atoms with E-state index in [2.05, 4.69) is 240 Å². The van der Waals surface area contributed by atoms with Crippen molar-refractivity contribution in [2.24, 2.45) is 0 Å². The largest absolute Gasteiger partial charge is 0.312 e. The Labute approximate surface area is 395 Å². The van der Waals surface area contributed by atoms with Gasteiger partial charge in [0.2, 0.25) is 13.4 Å². The number of benzene rings is 12. The third kappa shape index (κ3) is 4.69. The fourth-order valence-corrected chi connectivity index (χ4v) is 13.2. The zero-order valence-corrected chi connectivity index (χ0v) is 37.0. The minimum Gasteiger partial charge on any atom is -0.312 e. The third-order valence-corrected chi connectivity index (χ3v) is 15.8. The maximum Gasteiger partial charge on any atom is 0.248 e. The standard InChI is InChI=1S/C64H38B2N2/c1-5-19-39(20-6-1)45-35-47-43-27-17-33-57-63(43)66(52-30-14-16-32-56(52)67(57)41-23-9-3-10-24-41)54-38-50-46(40-21-7-2-8-22-40)36-48-44-28-18-34-58-64(44)65(53-37-49(45)61(59(47)54)62(50)60(48)53)51-29-13-15-31-55(51)68(58)42-25-11-4-12-26-42/h1-38H. The maximum atomic E-state index is 2.63. The van der Waals surface area contributed by atoms with Crippen LogP contribution in [0.2, 0.25) is 0 Å². The first-order chi connectivity index (χ1) is 33.8. The van der Waals surface area contributed by atoms with Crippen molar-refractivity contribution in [2.45, 2.75) is 0 Å². The van der Waals surface area contributed by atoms with Gasteiger partial charge in [0.05, 0.1) is 0 Å². The lowest BCUT2D eigenvalue weighted by atomic mass is 9.31. The van der Waals surface area contributed by atoms with Crippen LogP contribution in [0, 0.1) is 0 Å². The Morgan fingerprint density at radius 1 is 0.250 bits per heavy atom. The van der Waals surface area contributed by atoms with Crippen molar-refractivity contribution in [1.82, 2.24) is 0 Å². The van der Waals surface area contributed by atoms with Crippen molar-refractivity contribution >= 4 is 113 Å². The predicted octanol–water partition coefficient (Wildman–Crippen LogP) is 12.5. The molecule has 4 aliphatic rings. The number of anilines is 6. The Kier molecular flexibility index (Phi) is 7.27. The van der Waals surface area contributed by atoms with Crippen LogP contribution in [0.5, 0.6) is 0 Å². The van der Waals surface area contributed by atoms with E-state index in [9.17, 15) is 0 Å². The molecular formula is C64H38B2N2. The van der Waals surface area contributed by atoms with Crippen molar-refractivity contribution in [3.63, 3.8) is 0 Å². The molecule has 4 aliphatic heterocycles. The first-order valence-electron chi connectivity index (χ1n) is 23.9. The topological polar surface area (TPSA) is 6.48 Å². The number of fused-ring (bicyclic) bond motifs is 8. The monoisotopic (exact) mass is 856 g/mol. The van der Waals surface area contributed by atoms with E-state index >= 15 is 0 Å². The van der Waals surface area contributed by atoms with Gasteiger partial charge in [0.1, 0.15) is 0 Å². The summed E-state index contributed by atoms with van der Waals surface area (Å²) in [7, 11) is 0. The Bertz CT molecular complexity index is 3830. The average Bonchev–Trinajstić information content (AvgIpc) is 3.41. The second-order valence-corrected chi connectivity index (χ2v) is 19.0. The van der Waals surface area contributed by atoms with E-state index in [1.807, 2.05) is 0 Å². The number of rotatable bonds is 4. The van der Waals surface area contributed by atoms with E-state index < -0.39 is 0 Å². The molecule has 0 N–H and O–H groups in total. The molecule has 0 atom stereocenters. The molecule has 0 radical (unpaired) electrons. The Morgan fingerprint density at radius 3 is 1.04 bits per heavy atom. The van der Waals surface area contributed by atoms with Crippen molar-refractivity contribution in [1.29, 1.82) is 0 Å². The number of hydrogen-bond donors (Lipinski definition) is 0. The van der Waals surface area contributed by atoms with E-state index in [4.69, 9.17) is 0 Å². The molecule has 0 aliphatic carbocycles. The minimum absolute atomic E-state index is 0.0344. The van der Waals surface area contributed by atoms with Gasteiger partial charge >= 0.3 is 0 Å². The van der Waals surface area contributed by atoms with Crippen molar-refractivity contribution in [3.8, 4) is 44.5 Å². The lowest BCUT2D eigenvalue weighted by molar-refractivity contribution is 1.29. The van der Waals surface area contributed by atoms with Gasteiger partial charge in [-0.25, -0.2) is 0 Å². The minimum atomic E-state index is 0.0344. The summed E-state index contributed by atoms with van der Waals surface area (Å²) in [5, 5.41) is 8.15. The highest BCUT2D eigenvalue weighted by Crippen LogP contribution is 2.52. The molecule has 0 saturated carbocycles. The normalized spacial score (nSPS) is 13.5. The van der Waals surface area contributed by atoms with Crippen molar-refractivity contribution in [3.05, 3.63) is 231 Å². The highest BCUT2D eigenvalue weighted by molar-refractivity contribution is 7.02. The van der Waals surface area contributed by atoms with Gasteiger partial charge in [0, 0.05) is 34.1 Å². The molecule has 0 unspecified atom stereocenters. The van der Waals surface area contributed by atoms with Crippen LogP contribution in [0.15, 0.2) is 231 Å². The molecule has 4 heteroatoms. The van der Waals surface area contributed by atoms with Gasteiger partial charge in [-0.1, -0.05) is 181 Å². The smallest absolute Gasteiger partial charge is 0.248 e. The Morgan fingerprint density at radius 2 is 0.618 bits per heavy atom. The van der Waals surface area contributed by atoms with Crippen LogP contribution in [-0.2, 0) is 0 Å². The van der Waals surface area contributed by atoms with E-state index in [-0.39, 0.29) is 13.4 Å². The van der Waals surface area contributed by atoms with Gasteiger partial charge in [-0.3, -0.25) is 0 Å². The van der Waals surface area contributed by atoms with Crippen LogP contribution < -0.4 is 42.6 Å². The molecule has 4 heterocycles. The second-order valence-electron chi connectivity index (χ2n) is 19.0. The van der Waals surface area contributed by atoms with Crippen molar-refractivity contribution < 1.29 is 0 Å². The number of para-hydroxylation sites is 4. The van der Waals surface area contributed by atoms with Crippen LogP contribution in [0.3, 0.4) is 0 Å². The molecule has 0 bridgehead atoms. The summed E-state index contributed by atoms with van der Waals surface area (Å²) in [6.07, 6.45) is 0. The maximum absolute atomic E-state index is 2.63. The zero-order valence-electron chi connectivity index (χ0n) is 37.0. The average molecular weight is 857 g/mol. The van der Waals surface area contributed by atoms with Crippen LogP contribution in [0.1, 0.15) is 0 Å². The molecule has 0 fully saturated rings. The first kappa shape index (κ1) is 36.6. The quantitative estimate of drug-likeness (QED) is 0.129. The first-order valence-corrected chi connectivity index (χ1v) is 23.9. The predicted molar refractivity (Wildman–Crippen MR) is 291 cm³/mol. The molecule has 0 amide bonds. The van der Waals surface area contributed by atoms with Gasteiger partial charge in [0.25, 0.3) is 0 Å². The number of hydrogen-bond acceptors (Lipinski definition) is 2. The summed E-state index contributed by atoms with van der Waals surface area (Å²) in [5.74, 6) is 0. The summed E-state index contributed by atoms with van der Waals surface area (Å²) in [4.78, 5) is 4.99. The Hall–Kier alpha value is -8.59. The molecule has 16 rings (SSSR count). The van der Waals surface area contributed by atoms with Gasteiger partial charge in [0.15, 0.2) is 0 Å². The van der Waals surface area contributed by atoms with E-state index in [0.29, 0.717) is 0 Å². The van der Waals surface area contributed by atoms with Crippen LogP contribution in [0.4, 0.5) is 34.1 Å². The van der Waals surface area contributed by atoms with Gasteiger partial charge < -0.3 is 9.80 Å². The molecule has 0 spiro atoms. The lowest BCUT2D eigenvalue weighted by Crippen LogP contribution is -2.60. The Balaban J connectivity index is 1.11. The van der Waals surface area contributed by atoms with Crippen molar-refractivity contribution in [2.75, 3.05) is 9.80 Å². The van der Waals surface area contributed by atoms with Gasteiger partial charge in [-0.05, 0) is 159 Å². The molecule has 0 aromatic heterocycles. The van der Waals surface area contributed by atoms with E-state index in [0.717, 1.165) is 0 Å². The molecule has 310 valence electrons. The summed E-state index contributed by atoms with van der Waals surface area (Å²) in [6.45, 7) is 0.0689. The van der Waals surface area contributed by atoms with Gasteiger partial charge in [-0.15, -0.1) is 0 Å². The molecule has 12 aromatic carbocycles. The SMILES string of the molecule is c1ccc(-c2cc3c4c(cc5c(-c6ccccc6)cc6c7c(cc2c4c57)B2c4ccccc4N(c4ccccc4)c4cccc-6c42)B2c4ccccc4N(c4ccccc4)c4cccc-3c42)cc1. The lowest BCUT2D eigenvalue weighted by Gasteiger charge is -2.42. The zero-order chi connectivity index (χ0) is 44.2. The van der Waals surface area contributed by atoms with E-state index in [1.54, 1.807) is 0 Å². The second kappa shape index (κ2) is 13.5. The summed E-state index contributed by atoms with van der Waals surface area (Å²) in [5.41, 5.74) is 25.8. The molecule has 68 heavy (non-hydrogen) atoms. The van der Waals surface area contributed by atoms with E-state index in [1.165, 1.54) is 144 Å². The molecule has 12 aromatic rings. The van der Waals surface area contributed by atoms with Crippen LogP contribution in [0.25, 0.3) is 76.8 Å².